The van der Waals surface area contributed by atoms with Gasteiger partial charge in [-0.3, -0.25) is 4.99 Å². The Morgan fingerprint density at radius 1 is 1.37 bits per heavy atom. The molecule has 0 saturated carbocycles. The number of nitrogens with zero attached hydrogens (tertiary/aromatic N) is 1. The first-order valence-corrected chi connectivity index (χ1v) is 10.1. The summed E-state index contributed by atoms with van der Waals surface area (Å²) >= 11 is 1.42. The lowest BCUT2D eigenvalue weighted by Gasteiger charge is -2.36. The minimum absolute atomic E-state index is 0.141. The van der Waals surface area contributed by atoms with Gasteiger partial charge < -0.3 is 15.9 Å². The molecule has 4 N–H and O–H groups in total. The van der Waals surface area contributed by atoms with Crippen molar-refractivity contribution in [3.05, 3.63) is 46.3 Å². The summed E-state index contributed by atoms with van der Waals surface area (Å²) in [5, 5.41) is 20.3. The van der Waals surface area contributed by atoms with Crippen molar-refractivity contribution in [3.63, 3.8) is 0 Å². The number of aliphatic hydroxyl groups excluding tert-OH is 1. The van der Waals surface area contributed by atoms with Crippen LogP contribution in [-0.2, 0) is 12.0 Å². The van der Waals surface area contributed by atoms with Crippen LogP contribution < -0.4 is 5.73 Å². The zero-order valence-electron chi connectivity index (χ0n) is 15.9. The van der Waals surface area contributed by atoms with Crippen LogP contribution in [0.3, 0.4) is 0 Å². The van der Waals surface area contributed by atoms with Crippen molar-refractivity contribution < 1.29 is 15.0 Å². The summed E-state index contributed by atoms with van der Waals surface area (Å²) in [6, 6.07) is 9.64. The van der Waals surface area contributed by atoms with Crippen molar-refractivity contribution in [2.45, 2.75) is 51.7 Å². The van der Waals surface area contributed by atoms with Crippen LogP contribution in [0.25, 0.3) is 10.4 Å². The average molecular weight is 387 g/mol. The minimum atomic E-state index is -0.960. The molecule has 6 heteroatoms. The molecule has 5 nitrogen and oxygen atoms in total. The van der Waals surface area contributed by atoms with Crippen LogP contribution in [0.1, 0.15) is 54.4 Å². The Morgan fingerprint density at radius 2 is 2.11 bits per heavy atom. The molecular weight excluding hydrogens is 360 g/mol. The highest BCUT2D eigenvalue weighted by molar-refractivity contribution is 7.16. The summed E-state index contributed by atoms with van der Waals surface area (Å²) in [5.74, 6) is -0.658. The van der Waals surface area contributed by atoms with Crippen LogP contribution in [0.2, 0.25) is 0 Å². The summed E-state index contributed by atoms with van der Waals surface area (Å²) in [6.07, 6.45) is 1.46. The van der Waals surface area contributed by atoms with E-state index in [0.717, 1.165) is 33.7 Å². The van der Waals surface area contributed by atoms with Crippen LogP contribution in [0.5, 0.6) is 0 Å². The van der Waals surface area contributed by atoms with E-state index in [1.54, 1.807) is 6.07 Å². The van der Waals surface area contributed by atoms with Crippen LogP contribution in [0, 0.1) is 5.92 Å². The predicted octanol–water partition coefficient (Wildman–Crippen LogP) is 4.04. The number of carboxylic acids is 1. The van der Waals surface area contributed by atoms with Gasteiger partial charge in [0.05, 0.1) is 17.2 Å². The number of aryl methyl sites for hydroxylation is 1. The lowest BCUT2D eigenvalue weighted by atomic mass is 9.82. The van der Waals surface area contributed by atoms with Gasteiger partial charge in [-0.1, -0.05) is 38.1 Å². The minimum Gasteiger partial charge on any atom is -0.478 e. The maximum Gasteiger partial charge on any atom is 0.337 e. The normalized spacial score (nSPS) is 25.3. The van der Waals surface area contributed by atoms with Crippen LogP contribution in [-0.4, -0.2) is 28.1 Å². The second-order valence-corrected chi connectivity index (χ2v) is 8.36. The monoisotopic (exact) mass is 386 g/mol. The van der Waals surface area contributed by atoms with Crippen LogP contribution in [0.4, 0.5) is 0 Å². The predicted molar refractivity (Wildman–Crippen MR) is 109 cm³/mol. The van der Waals surface area contributed by atoms with E-state index in [1.165, 1.54) is 11.3 Å². The zero-order valence-corrected chi connectivity index (χ0v) is 16.7. The summed E-state index contributed by atoms with van der Waals surface area (Å²) in [7, 11) is 0. The second-order valence-electron chi connectivity index (χ2n) is 7.31. The number of amidine groups is 1. The zero-order chi connectivity index (χ0) is 19.8. The Labute approximate surface area is 163 Å². The fourth-order valence-electron chi connectivity index (χ4n) is 3.76. The number of thiophene rings is 1. The molecule has 3 rings (SSSR count). The lowest BCUT2D eigenvalue weighted by Crippen LogP contribution is -2.44. The molecule has 0 radical (unpaired) electrons. The number of rotatable bonds is 5. The molecule has 2 aromatic rings. The standard InChI is InChI=1S/C21H26N2O3S/c1-4-12-7-6-8-13(9-12)18-15(20(25)26)10-17(27-18)21(3)11-16(24)14(5-2)19(22)23-21/h6-10,14,16,24H,4-5,11H2,1-3H3,(H2,22,23)(H,25,26)/t14?,16?,21-/m0/s1. The Hall–Kier alpha value is -2.18. The van der Waals surface area contributed by atoms with E-state index in [9.17, 15) is 15.0 Å². The number of hydrogen-bond donors (Lipinski definition) is 3. The Balaban J connectivity index is 2.10. The van der Waals surface area contributed by atoms with Gasteiger partial charge in [0, 0.05) is 22.1 Å². The van der Waals surface area contributed by atoms with Gasteiger partial charge in [-0.2, -0.15) is 0 Å². The third-order valence-corrected chi connectivity index (χ3v) is 6.79. The van der Waals surface area contributed by atoms with E-state index in [1.807, 2.05) is 38.1 Å². The van der Waals surface area contributed by atoms with Gasteiger partial charge in [0.1, 0.15) is 5.84 Å². The van der Waals surface area contributed by atoms with Gasteiger partial charge in [0.2, 0.25) is 0 Å². The first-order chi connectivity index (χ1) is 12.8. The van der Waals surface area contributed by atoms with Crippen molar-refractivity contribution in [2.75, 3.05) is 0 Å². The number of aliphatic imine (C=N–C) groups is 1. The molecule has 0 amide bonds. The van der Waals surface area contributed by atoms with Crippen molar-refractivity contribution in [2.24, 2.45) is 16.6 Å². The molecule has 0 bridgehead atoms. The van der Waals surface area contributed by atoms with E-state index < -0.39 is 17.6 Å². The number of aliphatic hydroxyl groups is 1. The smallest absolute Gasteiger partial charge is 0.337 e. The highest BCUT2D eigenvalue weighted by Crippen LogP contribution is 2.44. The molecule has 1 aliphatic heterocycles. The summed E-state index contributed by atoms with van der Waals surface area (Å²) < 4.78 is 0. The highest BCUT2D eigenvalue weighted by Gasteiger charge is 2.40. The van der Waals surface area contributed by atoms with Gasteiger partial charge in [0.25, 0.3) is 0 Å². The molecule has 2 unspecified atom stereocenters. The molecule has 0 fully saturated rings. The first-order valence-electron chi connectivity index (χ1n) is 9.29. The first kappa shape index (κ1) is 19.6. The maximum absolute atomic E-state index is 11.9. The molecule has 1 aliphatic rings. The van der Waals surface area contributed by atoms with Crippen LogP contribution >= 0.6 is 11.3 Å². The number of carboxylic acid groups (broad SMARTS) is 1. The molecular formula is C21H26N2O3S. The molecule has 0 aliphatic carbocycles. The maximum atomic E-state index is 11.9. The third-order valence-electron chi connectivity index (χ3n) is 5.36. The quantitative estimate of drug-likeness (QED) is 0.722. The highest BCUT2D eigenvalue weighted by atomic mass is 32.1. The number of nitrogens with two attached hydrogens (primary N) is 1. The number of carbonyl (C=O) groups is 1. The molecule has 0 saturated heterocycles. The molecule has 2 heterocycles. The van der Waals surface area contributed by atoms with Gasteiger partial charge in [-0.15, -0.1) is 11.3 Å². The molecule has 0 spiro atoms. The van der Waals surface area contributed by atoms with E-state index >= 15 is 0 Å². The van der Waals surface area contributed by atoms with Crippen molar-refractivity contribution in [1.82, 2.24) is 0 Å². The van der Waals surface area contributed by atoms with Gasteiger partial charge in [-0.05, 0) is 37.0 Å². The van der Waals surface area contributed by atoms with E-state index in [0.29, 0.717) is 12.3 Å². The van der Waals surface area contributed by atoms with E-state index in [2.05, 4.69) is 11.9 Å². The summed E-state index contributed by atoms with van der Waals surface area (Å²) in [6.45, 7) is 5.97. The van der Waals surface area contributed by atoms with E-state index in [4.69, 9.17) is 5.73 Å². The Morgan fingerprint density at radius 3 is 2.70 bits per heavy atom. The van der Waals surface area contributed by atoms with E-state index in [-0.39, 0.29) is 11.5 Å². The lowest BCUT2D eigenvalue weighted by molar-refractivity contribution is 0.0698. The largest absolute Gasteiger partial charge is 0.478 e. The Kier molecular flexibility index (Phi) is 5.40. The van der Waals surface area contributed by atoms with Gasteiger partial charge in [0.15, 0.2) is 0 Å². The van der Waals surface area contributed by atoms with Crippen molar-refractivity contribution in [3.8, 4) is 10.4 Å². The molecule has 1 aromatic heterocycles. The average Bonchev–Trinajstić information content (AvgIpc) is 3.08. The molecule has 27 heavy (non-hydrogen) atoms. The summed E-state index contributed by atoms with van der Waals surface area (Å²) in [4.78, 5) is 18.1. The SMILES string of the molecule is CCc1cccc(-c2sc([C@]3(C)CC(O)C(CC)C(N)=N3)cc2C(=O)O)c1. The topological polar surface area (TPSA) is 95.9 Å². The molecule has 144 valence electrons. The fourth-order valence-corrected chi connectivity index (χ4v) is 5.01. The van der Waals surface area contributed by atoms with Gasteiger partial charge in [-0.25, -0.2) is 4.79 Å². The van der Waals surface area contributed by atoms with Gasteiger partial charge >= 0.3 is 5.97 Å². The second kappa shape index (κ2) is 7.44. The van der Waals surface area contributed by atoms with Crippen molar-refractivity contribution >= 4 is 23.1 Å². The molecule has 1 aromatic carbocycles. The number of hydrogen-bond acceptors (Lipinski definition) is 5. The fraction of sp³-hybridized carbons (Fsp3) is 0.429. The number of benzene rings is 1. The van der Waals surface area contributed by atoms with Crippen molar-refractivity contribution in [1.29, 1.82) is 0 Å². The number of aromatic carboxylic acids is 1. The van der Waals surface area contributed by atoms with Crippen LogP contribution in [0.15, 0.2) is 35.3 Å². The third kappa shape index (κ3) is 3.64. The Bertz CT molecular complexity index is 889. The summed E-state index contributed by atoms with van der Waals surface area (Å²) in [5.41, 5.74) is 7.73. The molecule has 3 atom stereocenters.